The maximum Gasteiger partial charge on any atom is 0.0486 e. The fraction of sp³-hybridized carbons (Fsp3) is 0.450. The van der Waals surface area contributed by atoms with E-state index in [9.17, 15) is 0 Å². The van der Waals surface area contributed by atoms with Crippen molar-refractivity contribution in [2.24, 2.45) is 11.8 Å². The van der Waals surface area contributed by atoms with Crippen LogP contribution < -0.4 is 0 Å². The highest BCUT2D eigenvalue weighted by Crippen LogP contribution is 2.38. The summed E-state index contributed by atoms with van der Waals surface area (Å²) in [4.78, 5) is 0. The Labute approximate surface area is 250 Å². The van der Waals surface area contributed by atoms with E-state index in [1.165, 1.54) is 144 Å². The third-order valence-corrected chi connectivity index (χ3v) is 11.2. The standard InChI is InChI=1S/C40H46N2/c1-3-9-29(10-4-1)13-7-25-41-27-23-37-35-17-15-32-31(33(35)19-21-39(37)41)16-18-36-34(32)20-22-40-38(36)24-28-42(40)26-8-14-30-11-5-2-6-12-30/h15-24,27-30H,1-14,25-26H2. The first-order chi connectivity index (χ1) is 20.8. The highest BCUT2D eigenvalue weighted by atomic mass is 15.0. The SMILES string of the molecule is c1cc2c(ccc3c2ccn3CCCC2CCCCC2)c2ccc3c(ccc4c3ccn4CCCC3CCCCC3)c12. The zero-order chi connectivity index (χ0) is 27.9. The van der Waals surface area contributed by atoms with Crippen LogP contribution in [0.25, 0.3) is 54.1 Å². The molecule has 216 valence electrons. The summed E-state index contributed by atoms with van der Waals surface area (Å²) in [5.41, 5.74) is 2.77. The minimum Gasteiger partial charge on any atom is -0.347 e. The maximum absolute atomic E-state index is 2.50. The van der Waals surface area contributed by atoms with Gasteiger partial charge in [-0.1, -0.05) is 101 Å². The molecule has 0 amide bonds. The van der Waals surface area contributed by atoms with E-state index in [0.29, 0.717) is 0 Å². The Balaban J connectivity index is 1.07. The third-order valence-electron chi connectivity index (χ3n) is 11.2. The van der Waals surface area contributed by atoms with Crippen molar-refractivity contribution >= 4 is 54.1 Å². The molecule has 0 saturated heterocycles. The van der Waals surface area contributed by atoms with E-state index < -0.39 is 0 Å². The first-order valence-electron chi connectivity index (χ1n) is 17.2. The van der Waals surface area contributed by atoms with E-state index in [-0.39, 0.29) is 0 Å². The lowest BCUT2D eigenvalue weighted by atomic mass is 9.86. The lowest BCUT2D eigenvalue weighted by molar-refractivity contribution is 0.327. The van der Waals surface area contributed by atoms with Gasteiger partial charge in [0, 0.05) is 47.3 Å². The van der Waals surface area contributed by atoms with Gasteiger partial charge in [0.1, 0.15) is 0 Å². The smallest absolute Gasteiger partial charge is 0.0486 e. The molecule has 0 aliphatic heterocycles. The molecule has 0 spiro atoms. The van der Waals surface area contributed by atoms with Crippen molar-refractivity contribution in [3.63, 3.8) is 0 Å². The second-order valence-corrected chi connectivity index (χ2v) is 13.7. The molecule has 0 atom stereocenters. The lowest BCUT2D eigenvalue weighted by Gasteiger charge is -2.21. The zero-order valence-electron chi connectivity index (χ0n) is 25.3. The molecule has 2 heterocycles. The highest BCUT2D eigenvalue weighted by Gasteiger charge is 2.16. The predicted octanol–water partition coefficient (Wildman–Crippen LogP) is 11.8. The first-order valence-corrected chi connectivity index (χ1v) is 17.2. The van der Waals surface area contributed by atoms with E-state index >= 15 is 0 Å². The topological polar surface area (TPSA) is 9.86 Å². The van der Waals surface area contributed by atoms with Crippen molar-refractivity contribution in [3.8, 4) is 0 Å². The lowest BCUT2D eigenvalue weighted by Crippen LogP contribution is -2.07. The van der Waals surface area contributed by atoms with Crippen LogP contribution >= 0.6 is 0 Å². The van der Waals surface area contributed by atoms with Gasteiger partial charge in [-0.15, -0.1) is 0 Å². The number of aromatic nitrogens is 2. The fourth-order valence-corrected chi connectivity index (χ4v) is 8.84. The Morgan fingerprint density at radius 3 is 1.17 bits per heavy atom. The molecular weight excluding hydrogens is 508 g/mol. The second-order valence-electron chi connectivity index (χ2n) is 13.7. The van der Waals surface area contributed by atoms with Crippen molar-refractivity contribution in [2.75, 3.05) is 0 Å². The fourth-order valence-electron chi connectivity index (χ4n) is 8.84. The van der Waals surface area contributed by atoms with Crippen LogP contribution in [-0.2, 0) is 13.1 Å². The summed E-state index contributed by atoms with van der Waals surface area (Å²) >= 11 is 0. The maximum atomic E-state index is 2.50. The van der Waals surface area contributed by atoms with Gasteiger partial charge in [-0.05, 0) is 94.1 Å². The van der Waals surface area contributed by atoms with Crippen LogP contribution in [0.15, 0.2) is 73.1 Å². The van der Waals surface area contributed by atoms with E-state index in [0.717, 1.165) is 24.9 Å². The molecule has 2 saturated carbocycles. The van der Waals surface area contributed by atoms with Gasteiger partial charge in [-0.3, -0.25) is 0 Å². The molecule has 2 heteroatoms. The Morgan fingerprint density at radius 2 is 0.762 bits per heavy atom. The normalized spacial score (nSPS) is 17.4. The van der Waals surface area contributed by atoms with Crippen LogP contribution in [0, 0.1) is 11.8 Å². The van der Waals surface area contributed by atoms with Gasteiger partial charge in [-0.25, -0.2) is 0 Å². The molecule has 0 N–H and O–H groups in total. The minimum absolute atomic E-state index is 0.966. The average Bonchev–Trinajstić information content (AvgIpc) is 3.66. The Morgan fingerprint density at radius 1 is 0.405 bits per heavy atom. The van der Waals surface area contributed by atoms with Crippen molar-refractivity contribution in [1.82, 2.24) is 9.13 Å². The van der Waals surface area contributed by atoms with Gasteiger partial charge in [-0.2, -0.15) is 0 Å². The van der Waals surface area contributed by atoms with E-state index in [2.05, 4.69) is 82.2 Å². The third kappa shape index (κ3) is 4.81. The van der Waals surface area contributed by atoms with Crippen LogP contribution in [0.1, 0.15) is 89.9 Å². The number of rotatable bonds is 8. The van der Waals surface area contributed by atoms with Crippen LogP contribution in [0.2, 0.25) is 0 Å². The monoisotopic (exact) mass is 554 g/mol. The summed E-state index contributed by atoms with van der Waals surface area (Å²) in [5, 5.41) is 11.1. The number of nitrogens with zero attached hydrogens (tertiary/aromatic N) is 2. The molecule has 0 radical (unpaired) electrons. The highest BCUT2D eigenvalue weighted by molar-refractivity contribution is 6.24. The summed E-state index contributed by atoms with van der Waals surface area (Å²) in [6, 6.07) is 23.7. The average molecular weight is 555 g/mol. The van der Waals surface area contributed by atoms with Crippen molar-refractivity contribution in [3.05, 3.63) is 73.1 Å². The number of hydrogen-bond acceptors (Lipinski definition) is 0. The molecule has 2 fully saturated rings. The quantitative estimate of drug-likeness (QED) is 0.166. The van der Waals surface area contributed by atoms with Crippen LogP contribution in [-0.4, -0.2) is 9.13 Å². The summed E-state index contributed by atoms with van der Waals surface area (Å²) in [5.74, 6) is 1.93. The Hall–Kier alpha value is -3.26. The van der Waals surface area contributed by atoms with Crippen LogP contribution in [0.3, 0.4) is 0 Å². The molecule has 42 heavy (non-hydrogen) atoms. The van der Waals surface area contributed by atoms with Gasteiger partial charge >= 0.3 is 0 Å². The molecule has 0 unspecified atom stereocenters. The van der Waals surface area contributed by atoms with Crippen molar-refractivity contribution in [2.45, 2.75) is 103 Å². The number of benzene rings is 4. The van der Waals surface area contributed by atoms with Gasteiger partial charge in [0.15, 0.2) is 0 Å². The Bertz CT molecular complexity index is 1720. The largest absolute Gasteiger partial charge is 0.347 e. The molecule has 2 aliphatic carbocycles. The number of aryl methyl sites for hydroxylation is 2. The van der Waals surface area contributed by atoms with Crippen molar-refractivity contribution in [1.29, 1.82) is 0 Å². The van der Waals surface area contributed by atoms with E-state index in [1.54, 1.807) is 0 Å². The molecule has 0 bridgehead atoms. The number of fused-ring (bicyclic) bond motifs is 9. The van der Waals surface area contributed by atoms with Crippen LogP contribution in [0.5, 0.6) is 0 Å². The molecule has 4 aromatic carbocycles. The minimum atomic E-state index is 0.966. The summed E-state index contributed by atoms with van der Waals surface area (Å²) in [6.45, 7) is 2.28. The number of hydrogen-bond donors (Lipinski definition) is 0. The van der Waals surface area contributed by atoms with Crippen LogP contribution in [0.4, 0.5) is 0 Å². The summed E-state index contributed by atoms with van der Waals surface area (Å²) < 4.78 is 5.00. The van der Waals surface area contributed by atoms with Gasteiger partial charge in [0.05, 0.1) is 0 Å². The molecular formula is C40H46N2. The summed E-state index contributed by atoms with van der Waals surface area (Å²) in [6.07, 6.45) is 24.6. The van der Waals surface area contributed by atoms with Crippen molar-refractivity contribution < 1.29 is 0 Å². The molecule has 2 aromatic heterocycles. The summed E-state index contributed by atoms with van der Waals surface area (Å²) in [7, 11) is 0. The molecule has 6 aromatic rings. The van der Waals surface area contributed by atoms with Gasteiger partial charge in [0.25, 0.3) is 0 Å². The van der Waals surface area contributed by atoms with E-state index in [4.69, 9.17) is 0 Å². The molecule has 2 aliphatic rings. The predicted molar refractivity (Wildman–Crippen MR) is 182 cm³/mol. The zero-order valence-corrected chi connectivity index (χ0v) is 25.3. The van der Waals surface area contributed by atoms with Gasteiger partial charge < -0.3 is 9.13 Å². The molecule has 8 rings (SSSR count). The molecule has 2 nitrogen and oxygen atoms in total. The van der Waals surface area contributed by atoms with Gasteiger partial charge in [0.2, 0.25) is 0 Å². The first kappa shape index (κ1) is 26.4. The second kappa shape index (κ2) is 11.4. The van der Waals surface area contributed by atoms with E-state index in [1.807, 2.05) is 0 Å². The Kier molecular flexibility index (Phi) is 7.18.